The zero-order chi connectivity index (χ0) is 19.3. The van der Waals surface area contributed by atoms with Crippen LogP contribution in [0.3, 0.4) is 0 Å². The summed E-state index contributed by atoms with van der Waals surface area (Å²) in [5, 5.41) is 5.80. The fourth-order valence-corrected chi connectivity index (χ4v) is 4.38. The Morgan fingerprint density at radius 1 is 1.08 bits per heavy atom. The highest BCUT2D eigenvalue weighted by Gasteiger charge is 2.19. The topological polar surface area (TPSA) is 75.3 Å². The summed E-state index contributed by atoms with van der Waals surface area (Å²) in [6.45, 7) is 6.48. The molecule has 5 nitrogen and oxygen atoms in total. The van der Waals surface area contributed by atoms with Gasteiger partial charge in [-0.2, -0.15) is 0 Å². The molecule has 0 radical (unpaired) electrons. The summed E-state index contributed by atoms with van der Waals surface area (Å²) in [6, 6.07) is 11.9. The molecule has 0 saturated heterocycles. The third kappa shape index (κ3) is 5.16. The number of amides is 1. The minimum absolute atomic E-state index is 0.0157. The van der Waals surface area contributed by atoms with Crippen molar-refractivity contribution < 1.29 is 13.2 Å². The van der Waals surface area contributed by atoms with Crippen LogP contribution in [0.25, 0.3) is 0 Å². The van der Waals surface area contributed by atoms with Gasteiger partial charge < -0.3 is 10.6 Å². The molecule has 0 bridgehead atoms. The van der Waals surface area contributed by atoms with Crippen molar-refractivity contribution in [1.82, 2.24) is 5.32 Å². The van der Waals surface area contributed by atoms with Gasteiger partial charge in [-0.25, -0.2) is 8.42 Å². The molecule has 1 amide bonds. The third-order valence-electron chi connectivity index (χ3n) is 4.28. The Kier molecular flexibility index (Phi) is 6.56. The lowest BCUT2D eigenvalue weighted by atomic mass is 10.1. The number of anilines is 1. The highest BCUT2D eigenvalue weighted by molar-refractivity contribution is 7.91. The van der Waals surface area contributed by atoms with Crippen molar-refractivity contribution in [2.45, 2.75) is 25.7 Å². The molecule has 0 aliphatic carbocycles. The molecule has 1 unspecified atom stereocenters. The van der Waals surface area contributed by atoms with E-state index in [0.29, 0.717) is 17.8 Å². The molecule has 0 saturated carbocycles. The lowest BCUT2D eigenvalue weighted by molar-refractivity contribution is 0.102. The van der Waals surface area contributed by atoms with Gasteiger partial charge >= 0.3 is 0 Å². The number of rotatable bonds is 7. The van der Waals surface area contributed by atoms with E-state index < -0.39 is 9.84 Å². The van der Waals surface area contributed by atoms with Crippen molar-refractivity contribution in [3.8, 4) is 0 Å². The highest BCUT2D eigenvalue weighted by atomic mass is 32.2. The Balaban J connectivity index is 2.19. The van der Waals surface area contributed by atoms with Crippen LogP contribution in [0.1, 0.15) is 28.4 Å². The molecule has 2 rings (SSSR count). The van der Waals surface area contributed by atoms with Crippen molar-refractivity contribution in [3.05, 3.63) is 59.2 Å². The summed E-state index contributed by atoms with van der Waals surface area (Å²) in [6.07, 6.45) is 0. The molecule has 0 spiro atoms. The van der Waals surface area contributed by atoms with E-state index in [1.54, 1.807) is 19.2 Å². The van der Waals surface area contributed by atoms with E-state index in [1.807, 2.05) is 39.0 Å². The van der Waals surface area contributed by atoms with Crippen LogP contribution in [0.15, 0.2) is 47.4 Å². The second-order valence-corrected chi connectivity index (χ2v) is 8.76. The van der Waals surface area contributed by atoms with E-state index in [0.717, 1.165) is 11.1 Å². The summed E-state index contributed by atoms with van der Waals surface area (Å²) >= 11 is 0. The number of aryl methyl sites for hydroxylation is 2. The van der Waals surface area contributed by atoms with Gasteiger partial charge in [0.15, 0.2) is 9.84 Å². The largest absolute Gasteiger partial charge is 0.322 e. The highest BCUT2D eigenvalue weighted by Crippen LogP contribution is 2.18. The predicted molar refractivity (Wildman–Crippen MR) is 105 cm³/mol. The van der Waals surface area contributed by atoms with Crippen molar-refractivity contribution in [1.29, 1.82) is 0 Å². The van der Waals surface area contributed by atoms with Gasteiger partial charge in [-0.1, -0.05) is 19.1 Å². The smallest absolute Gasteiger partial charge is 0.255 e. The molecule has 140 valence electrons. The molecule has 0 aliphatic rings. The number of hydrogen-bond donors (Lipinski definition) is 2. The van der Waals surface area contributed by atoms with Crippen LogP contribution in [0.4, 0.5) is 5.69 Å². The average molecular weight is 375 g/mol. The molecule has 0 fully saturated rings. The molecular weight excluding hydrogens is 348 g/mol. The minimum Gasteiger partial charge on any atom is -0.322 e. The molecule has 26 heavy (non-hydrogen) atoms. The third-order valence-corrected chi connectivity index (χ3v) is 6.26. The van der Waals surface area contributed by atoms with Crippen LogP contribution in [0, 0.1) is 19.8 Å². The van der Waals surface area contributed by atoms with Crippen LogP contribution < -0.4 is 10.6 Å². The van der Waals surface area contributed by atoms with Crippen molar-refractivity contribution in [2.24, 2.45) is 5.92 Å². The van der Waals surface area contributed by atoms with Gasteiger partial charge in [-0.3, -0.25) is 4.79 Å². The molecular formula is C20H26N2O3S. The number of carbonyl (C=O) groups is 1. The van der Waals surface area contributed by atoms with Crippen LogP contribution in [0.5, 0.6) is 0 Å². The minimum atomic E-state index is -3.44. The van der Waals surface area contributed by atoms with Crippen molar-refractivity contribution in [2.75, 3.05) is 24.7 Å². The zero-order valence-corrected chi connectivity index (χ0v) is 16.5. The number of sulfone groups is 1. The molecule has 0 aromatic heterocycles. The summed E-state index contributed by atoms with van der Waals surface area (Å²) < 4.78 is 25.1. The molecule has 2 aromatic carbocycles. The Labute approximate surface area is 155 Å². The average Bonchev–Trinajstić information content (AvgIpc) is 2.58. The second kappa shape index (κ2) is 8.47. The van der Waals surface area contributed by atoms with Crippen LogP contribution >= 0.6 is 0 Å². The maximum absolute atomic E-state index is 12.6. The fraction of sp³-hybridized carbons (Fsp3) is 0.350. The van der Waals surface area contributed by atoms with Gasteiger partial charge in [0.25, 0.3) is 5.91 Å². The lowest BCUT2D eigenvalue weighted by Crippen LogP contribution is -2.24. The maximum atomic E-state index is 12.6. The van der Waals surface area contributed by atoms with Gasteiger partial charge in [0, 0.05) is 11.3 Å². The van der Waals surface area contributed by atoms with E-state index in [4.69, 9.17) is 0 Å². The molecule has 1 atom stereocenters. The molecule has 6 heteroatoms. The maximum Gasteiger partial charge on any atom is 0.255 e. The number of benzene rings is 2. The second-order valence-electron chi connectivity index (χ2n) is 6.73. The van der Waals surface area contributed by atoms with Crippen LogP contribution in [-0.4, -0.2) is 33.7 Å². The van der Waals surface area contributed by atoms with E-state index in [1.165, 1.54) is 12.1 Å². The summed E-state index contributed by atoms with van der Waals surface area (Å²) in [5.41, 5.74) is 3.24. The van der Waals surface area contributed by atoms with E-state index in [-0.39, 0.29) is 22.5 Å². The predicted octanol–water partition coefficient (Wildman–Crippen LogP) is 3.18. The molecule has 2 aromatic rings. The van der Waals surface area contributed by atoms with E-state index in [9.17, 15) is 13.2 Å². The first-order chi connectivity index (χ1) is 12.2. The standard InChI is InChI=1S/C20H26N2O3S/c1-14(12-21-4)13-26(24,25)19-7-5-6-17(11-19)20(23)22-18-9-8-15(2)16(3)10-18/h5-11,14,21H,12-13H2,1-4H3,(H,22,23). The molecule has 0 aliphatic heterocycles. The van der Waals surface area contributed by atoms with Crippen LogP contribution in [0.2, 0.25) is 0 Å². The first-order valence-electron chi connectivity index (χ1n) is 8.59. The Hall–Kier alpha value is -2.18. The number of hydrogen-bond acceptors (Lipinski definition) is 4. The van der Waals surface area contributed by atoms with Crippen molar-refractivity contribution in [3.63, 3.8) is 0 Å². The molecule has 2 N–H and O–H groups in total. The first kappa shape index (κ1) is 20.1. The first-order valence-corrected chi connectivity index (χ1v) is 10.2. The zero-order valence-electron chi connectivity index (χ0n) is 15.7. The van der Waals surface area contributed by atoms with Gasteiger partial charge in [0.1, 0.15) is 0 Å². The Morgan fingerprint density at radius 3 is 2.46 bits per heavy atom. The Bertz CT molecular complexity index is 892. The van der Waals surface area contributed by atoms with Gasteiger partial charge in [0.2, 0.25) is 0 Å². The number of nitrogens with one attached hydrogen (secondary N) is 2. The van der Waals surface area contributed by atoms with E-state index in [2.05, 4.69) is 10.6 Å². The van der Waals surface area contributed by atoms with Crippen molar-refractivity contribution >= 4 is 21.4 Å². The normalized spacial score (nSPS) is 12.6. The summed E-state index contributed by atoms with van der Waals surface area (Å²) in [7, 11) is -1.65. The number of carbonyl (C=O) groups excluding carboxylic acids is 1. The van der Waals surface area contributed by atoms with Gasteiger partial charge in [0.05, 0.1) is 10.6 Å². The van der Waals surface area contributed by atoms with E-state index >= 15 is 0 Å². The molecule has 0 heterocycles. The summed E-state index contributed by atoms with van der Waals surface area (Å²) in [4.78, 5) is 12.7. The lowest BCUT2D eigenvalue weighted by Gasteiger charge is -2.12. The van der Waals surface area contributed by atoms with Gasteiger partial charge in [-0.15, -0.1) is 0 Å². The monoisotopic (exact) mass is 374 g/mol. The SMILES string of the molecule is CNCC(C)CS(=O)(=O)c1cccc(C(=O)Nc2ccc(C)c(C)c2)c1. The Morgan fingerprint density at radius 2 is 1.81 bits per heavy atom. The van der Waals surface area contributed by atoms with Crippen LogP contribution in [-0.2, 0) is 9.84 Å². The summed E-state index contributed by atoms with van der Waals surface area (Å²) in [5.74, 6) is -0.303. The quantitative estimate of drug-likeness (QED) is 0.780. The van der Waals surface area contributed by atoms with Gasteiger partial charge in [-0.05, 0) is 74.8 Å². The fourth-order valence-electron chi connectivity index (χ4n) is 2.73.